The quantitative estimate of drug-likeness (QED) is 0.680. The number of carbonyl (C=O) groups excluding carboxylic acids is 2. The van der Waals surface area contributed by atoms with Crippen LogP contribution in [0.2, 0.25) is 0 Å². The zero-order chi connectivity index (χ0) is 18.6. The molecule has 7 heteroatoms. The second-order valence-corrected chi connectivity index (χ2v) is 9.42. The molecule has 2 aliphatic carbocycles. The van der Waals surface area contributed by atoms with Crippen LogP contribution >= 0.6 is 0 Å². The highest BCUT2D eigenvalue weighted by Crippen LogP contribution is 2.30. The van der Waals surface area contributed by atoms with Crippen LogP contribution in [0, 0.1) is 5.92 Å². The Morgan fingerprint density at radius 2 is 1.81 bits per heavy atom. The van der Waals surface area contributed by atoms with Gasteiger partial charge in [-0.3, -0.25) is 9.59 Å². The van der Waals surface area contributed by atoms with Crippen molar-refractivity contribution in [1.29, 1.82) is 0 Å². The molecule has 0 bridgehead atoms. The first-order chi connectivity index (χ1) is 12.5. The monoisotopic (exact) mass is 378 g/mol. The van der Waals surface area contributed by atoms with Gasteiger partial charge in [-0.2, -0.15) is 0 Å². The molecule has 0 saturated heterocycles. The molecule has 0 unspecified atom stereocenters. The molecule has 1 aromatic carbocycles. The number of benzene rings is 1. The maximum atomic E-state index is 12.7. The second-order valence-electron chi connectivity index (χ2n) is 7.20. The fraction of sp³-hybridized carbons (Fsp3) is 0.579. The Labute approximate surface area is 154 Å². The van der Waals surface area contributed by atoms with E-state index in [1.54, 1.807) is 24.3 Å². The zero-order valence-electron chi connectivity index (χ0n) is 14.9. The van der Waals surface area contributed by atoms with Crippen molar-refractivity contribution in [2.75, 3.05) is 11.9 Å². The van der Waals surface area contributed by atoms with Gasteiger partial charge in [-0.25, -0.2) is 8.42 Å². The summed E-state index contributed by atoms with van der Waals surface area (Å²) in [7, 11) is -3.33. The highest BCUT2D eigenvalue weighted by molar-refractivity contribution is 7.92. The zero-order valence-corrected chi connectivity index (χ0v) is 15.7. The Morgan fingerprint density at radius 1 is 1.08 bits per heavy atom. The number of sulfone groups is 1. The van der Waals surface area contributed by atoms with Crippen molar-refractivity contribution in [3.8, 4) is 0 Å². The third-order valence-electron chi connectivity index (χ3n) is 5.02. The van der Waals surface area contributed by atoms with E-state index in [9.17, 15) is 18.0 Å². The minimum absolute atomic E-state index is 0.0789. The minimum Gasteiger partial charge on any atom is -0.356 e. The fourth-order valence-corrected chi connectivity index (χ4v) is 5.21. The number of amides is 2. The summed E-state index contributed by atoms with van der Waals surface area (Å²) < 4.78 is 25.3. The summed E-state index contributed by atoms with van der Waals surface area (Å²) in [5.74, 6) is 0.0738. The number of rotatable bonds is 8. The first kappa shape index (κ1) is 18.9. The number of carbonyl (C=O) groups is 2. The minimum atomic E-state index is -3.33. The molecule has 2 N–H and O–H groups in total. The van der Waals surface area contributed by atoms with Crippen LogP contribution < -0.4 is 10.6 Å². The molecular weight excluding hydrogens is 352 g/mol. The molecule has 2 saturated carbocycles. The molecule has 0 atom stereocenters. The summed E-state index contributed by atoms with van der Waals surface area (Å²) in [6, 6.07) is 6.49. The van der Waals surface area contributed by atoms with Crippen molar-refractivity contribution in [2.24, 2.45) is 5.92 Å². The number of hydrogen-bond donors (Lipinski definition) is 2. The van der Waals surface area contributed by atoms with Crippen molar-refractivity contribution < 1.29 is 18.0 Å². The van der Waals surface area contributed by atoms with Crippen molar-refractivity contribution in [1.82, 2.24) is 5.32 Å². The van der Waals surface area contributed by atoms with Gasteiger partial charge in [-0.1, -0.05) is 18.9 Å². The normalized spacial score (nSPS) is 17.8. The molecular formula is C19H26N2O4S. The van der Waals surface area contributed by atoms with E-state index >= 15 is 0 Å². The fourth-order valence-electron chi connectivity index (χ4n) is 3.32. The van der Waals surface area contributed by atoms with E-state index in [0.29, 0.717) is 31.5 Å². The summed E-state index contributed by atoms with van der Waals surface area (Å²) >= 11 is 0. The average molecular weight is 378 g/mol. The van der Waals surface area contributed by atoms with E-state index in [0.717, 1.165) is 25.7 Å². The third kappa shape index (κ3) is 4.84. The van der Waals surface area contributed by atoms with Crippen LogP contribution in [0.1, 0.15) is 51.4 Å². The van der Waals surface area contributed by atoms with Gasteiger partial charge >= 0.3 is 0 Å². The molecule has 0 radical (unpaired) electrons. The highest BCUT2D eigenvalue weighted by atomic mass is 32.2. The van der Waals surface area contributed by atoms with Crippen LogP contribution in [0.4, 0.5) is 5.69 Å². The third-order valence-corrected chi connectivity index (χ3v) is 7.28. The number of nitrogens with one attached hydrogen (secondary N) is 2. The molecule has 2 amide bonds. The van der Waals surface area contributed by atoms with Crippen LogP contribution in [-0.2, 0) is 19.4 Å². The van der Waals surface area contributed by atoms with E-state index in [-0.39, 0.29) is 34.3 Å². The van der Waals surface area contributed by atoms with Gasteiger partial charge in [0.25, 0.3) is 0 Å². The van der Waals surface area contributed by atoms with Crippen molar-refractivity contribution in [3.05, 3.63) is 24.3 Å². The number of hydrogen-bond acceptors (Lipinski definition) is 4. The Hall–Kier alpha value is -1.89. The molecule has 6 nitrogen and oxygen atoms in total. The van der Waals surface area contributed by atoms with E-state index in [1.807, 2.05) is 0 Å². The Bertz CT molecular complexity index is 765. The van der Waals surface area contributed by atoms with Gasteiger partial charge in [-0.05, 0) is 50.3 Å². The molecule has 3 rings (SSSR count). The average Bonchev–Trinajstić information content (AvgIpc) is 3.32. The first-order valence-electron chi connectivity index (χ1n) is 9.38. The van der Waals surface area contributed by atoms with Gasteiger partial charge in [-0.15, -0.1) is 0 Å². The molecule has 2 fully saturated rings. The predicted octanol–water partition coefficient (Wildman–Crippen LogP) is 2.65. The van der Waals surface area contributed by atoms with Crippen LogP contribution in [0.5, 0.6) is 0 Å². The molecule has 142 valence electrons. The first-order valence-corrected chi connectivity index (χ1v) is 10.9. The molecule has 1 aromatic rings. The Balaban J connectivity index is 1.49. The summed E-state index contributed by atoms with van der Waals surface area (Å²) in [4.78, 5) is 23.8. The topological polar surface area (TPSA) is 92.3 Å². The standard InChI is InChI=1S/C19H26N2O4S/c22-18(9-4-12-20-19(23)14-10-11-14)21-15-5-3-8-17(13-15)26(24,25)16-6-1-2-7-16/h3,5,8,13-14,16H,1-2,4,6-7,9-12H2,(H,20,23)(H,21,22). The largest absolute Gasteiger partial charge is 0.356 e. The number of anilines is 1. The van der Waals surface area contributed by atoms with Gasteiger partial charge in [0.15, 0.2) is 9.84 Å². The maximum Gasteiger partial charge on any atom is 0.224 e. The lowest BCUT2D eigenvalue weighted by Gasteiger charge is -2.12. The summed E-state index contributed by atoms with van der Waals surface area (Å²) in [5, 5.41) is 5.28. The lowest BCUT2D eigenvalue weighted by molar-refractivity contribution is -0.122. The highest BCUT2D eigenvalue weighted by Gasteiger charge is 2.30. The molecule has 0 aliphatic heterocycles. The lowest BCUT2D eigenvalue weighted by atomic mass is 10.2. The maximum absolute atomic E-state index is 12.7. The predicted molar refractivity (Wildman–Crippen MR) is 99.5 cm³/mol. The van der Waals surface area contributed by atoms with Gasteiger partial charge < -0.3 is 10.6 Å². The second kappa shape index (κ2) is 8.20. The molecule has 0 aromatic heterocycles. The van der Waals surface area contributed by atoms with Crippen molar-refractivity contribution >= 4 is 27.3 Å². The van der Waals surface area contributed by atoms with E-state index in [1.165, 1.54) is 0 Å². The lowest BCUT2D eigenvalue weighted by Crippen LogP contribution is -2.26. The molecule has 0 heterocycles. The van der Waals surface area contributed by atoms with E-state index in [2.05, 4.69) is 10.6 Å². The van der Waals surface area contributed by atoms with Crippen LogP contribution in [0.15, 0.2) is 29.2 Å². The molecule has 0 spiro atoms. The summed E-state index contributed by atoms with van der Waals surface area (Å²) in [5.41, 5.74) is 0.496. The van der Waals surface area contributed by atoms with Gasteiger partial charge in [0.2, 0.25) is 11.8 Å². The van der Waals surface area contributed by atoms with Crippen LogP contribution in [0.25, 0.3) is 0 Å². The Morgan fingerprint density at radius 3 is 2.50 bits per heavy atom. The van der Waals surface area contributed by atoms with E-state index < -0.39 is 9.84 Å². The van der Waals surface area contributed by atoms with Crippen molar-refractivity contribution in [3.63, 3.8) is 0 Å². The smallest absolute Gasteiger partial charge is 0.224 e. The summed E-state index contributed by atoms with van der Waals surface area (Å²) in [6.07, 6.45) is 6.11. The summed E-state index contributed by atoms with van der Waals surface area (Å²) in [6.45, 7) is 0.485. The SMILES string of the molecule is O=C(CCCNC(=O)C1CC1)Nc1cccc(S(=O)(=O)C2CCCC2)c1. The van der Waals surface area contributed by atoms with Crippen molar-refractivity contribution in [2.45, 2.75) is 61.5 Å². The van der Waals surface area contributed by atoms with Crippen LogP contribution in [0.3, 0.4) is 0 Å². The van der Waals surface area contributed by atoms with Crippen LogP contribution in [-0.4, -0.2) is 32.0 Å². The van der Waals surface area contributed by atoms with Gasteiger partial charge in [0.05, 0.1) is 10.1 Å². The Kier molecular flexibility index (Phi) is 5.96. The van der Waals surface area contributed by atoms with E-state index in [4.69, 9.17) is 0 Å². The molecule has 2 aliphatic rings. The van der Waals surface area contributed by atoms with Gasteiger partial charge in [0.1, 0.15) is 0 Å². The van der Waals surface area contributed by atoms with Gasteiger partial charge in [0, 0.05) is 24.6 Å². The molecule has 26 heavy (non-hydrogen) atoms.